The minimum absolute atomic E-state index is 0.00254. The Hall–Kier alpha value is -1.35. The summed E-state index contributed by atoms with van der Waals surface area (Å²) in [6.45, 7) is 4.08. The van der Waals surface area contributed by atoms with Crippen molar-refractivity contribution >= 4 is 5.91 Å². The van der Waals surface area contributed by atoms with Gasteiger partial charge in [0.05, 0.1) is 12.0 Å². The molecule has 3 atom stereocenters. The number of amides is 1. The van der Waals surface area contributed by atoms with E-state index in [4.69, 9.17) is 5.73 Å². The summed E-state index contributed by atoms with van der Waals surface area (Å²) in [5.41, 5.74) is 8.32. The largest absolute Gasteiger partial charge is 0.349 e. The van der Waals surface area contributed by atoms with E-state index in [1.807, 2.05) is 19.1 Å². The summed E-state index contributed by atoms with van der Waals surface area (Å²) in [7, 11) is 0. The van der Waals surface area contributed by atoms with E-state index < -0.39 is 0 Å². The zero-order chi connectivity index (χ0) is 13.1. The Morgan fingerprint density at radius 2 is 2.22 bits per heavy atom. The number of nitrogens with two attached hydrogens (primary N) is 1. The number of aryl methyl sites for hydroxylation is 1. The van der Waals surface area contributed by atoms with Gasteiger partial charge in [0, 0.05) is 6.04 Å². The van der Waals surface area contributed by atoms with Crippen molar-refractivity contribution in [3.8, 4) is 0 Å². The van der Waals surface area contributed by atoms with Crippen LogP contribution >= 0.6 is 0 Å². The van der Waals surface area contributed by atoms with Gasteiger partial charge in [0.2, 0.25) is 5.91 Å². The van der Waals surface area contributed by atoms with Crippen LogP contribution < -0.4 is 11.1 Å². The van der Waals surface area contributed by atoms with E-state index in [0.717, 1.165) is 24.8 Å². The van der Waals surface area contributed by atoms with Gasteiger partial charge in [-0.25, -0.2) is 0 Å². The summed E-state index contributed by atoms with van der Waals surface area (Å²) in [5, 5.41) is 3.08. The molecule has 1 aromatic carbocycles. The van der Waals surface area contributed by atoms with Crippen LogP contribution in [0.1, 0.15) is 43.4 Å². The number of carbonyl (C=O) groups is 1. The number of nitrogens with one attached hydrogen (secondary N) is 1. The summed E-state index contributed by atoms with van der Waals surface area (Å²) in [4.78, 5) is 12.1. The number of carbonyl (C=O) groups excluding carboxylic acids is 1. The van der Waals surface area contributed by atoms with E-state index in [0.29, 0.717) is 0 Å². The number of hydrogen-bond donors (Lipinski definition) is 2. The maximum absolute atomic E-state index is 12.1. The van der Waals surface area contributed by atoms with Gasteiger partial charge in [-0.15, -0.1) is 0 Å². The lowest BCUT2D eigenvalue weighted by Crippen LogP contribution is -2.39. The zero-order valence-corrected chi connectivity index (χ0v) is 11.1. The number of hydrogen-bond acceptors (Lipinski definition) is 2. The van der Waals surface area contributed by atoms with Crippen molar-refractivity contribution in [1.29, 1.82) is 0 Å². The maximum atomic E-state index is 12.1. The Labute approximate surface area is 109 Å². The van der Waals surface area contributed by atoms with Gasteiger partial charge < -0.3 is 11.1 Å². The quantitative estimate of drug-likeness (QED) is 0.859. The monoisotopic (exact) mass is 246 g/mol. The van der Waals surface area contributed by atoms with E-state index >= 15 is 0 Å². The molecule has 2 unspecified atom stereocenters. The van der Waals surface area contributed by atoms with Crippen LogP contribution in [0.5, 0.6) is 0 Å². The first-order valence-electron chi connectivity index (χ1n) is 6.70. The molecule has 1 aliphatic carbocycles. The molecule has 2 rings (SSSR count). The molecule has 1 aliphatic rings. The average Bonchev–Trinajstić information content (AvgIpc) is 2.75. The zero-order valence-electron chi connectivity index (χ0n) is 11.1. The van der Waals surface area contributed by atoms with Crippen LogP contribution in [-0.2, 0) is 4.79 Å². The van der Waals surface area contributed by atoms with Crippen molar-refractivity contribution < 1.29 is 4.79 Å². The van der Waals surface area contributed by atoms with Crippen molar-refractivity contribution in [2.45, 2.75) is 45.2 Å². The fraction of sp³-hybridized carbons (Fsp3) is 0.533. The molecule has 18 heavy (non-hydrogen) atoms. The normalized spacial score (nSPS) is 24.8. The third-order valence-corrected chi connectivity index (χ3v) is 3.81. The summed E-state index contributed by atoms with van der Waals surface area (Å²) < 4.78 is 0. The van der Waals surface area contributed by atoms with Crippen LogP contribution in [0.2, 0.25) is 0 Å². The number of rotatable bonds is 3. The first-order valence-corrected chi connectivity index (χ1v) is 6.70. The van der Waals surface area contributed by atoms with Gasteiger partial charge in [0.15, 0.2) is 0 Å². The first kappa shape index (κ1) is 13.1. The standard InChI is InChI=1S/C15H22N2O/c1-10-5-3-6-12(9-10)11(2)17-15(18)13-7-4-8-14(13)16/h3,5-6,9,11,13-14H,4,7-8,16H2,1-2H3,(H,17,18)/t11-,13?,14?/m0/s1. The molecule has 0 spiro atoms. The highest BCUT2D eigenvalue weighted by Gasteiger charge is 2.30. The fourth-order valence-electron chi connectivity index (χ4n) is 2.66. The molecule has 1 amide bonds. The molecule has 1 fully saturated rings. The second kappa shape index (κ2) is 5.53. The van der Waals surface area contributed by atoms with Gasteiger partial charge in [0.25, 0.3) is 0 Å². The van der Waals surface area contributed by atoms with Crippen LogP contribution in [0.3, 0.4) is 0 Å². The summed E-state index contributed by atoms with van der Waals surface area (Å²) >= 11 is 0. The SMILES string of the molecule is Cc1cccc([C@H](C)NC(=O)C2CCCC2N)c1. The molecule has 0 aliphatic heterocycles. The topological polar surface area (TPSA) is 55.1 Å². The molecular weight excluding hydrogens is 224 g/mol. The first-order chi connectivity index (χ1) is 8.58. The van der Waals surface area contributed by atoms with E-state index in [1.54, 1.807) is 0 Å². The van der Waals surface area contributed by atoms with E-state index in [2.05, 4.69) is 24.4 Å². The molecule has 98 valence electrons. The van der Waals surface area contributed by atoms with Crippen molar-refractivity contribution in [2.24, 2.45) is 11.7 Å². The minimum atomic E-state index is -0.00254. The van der Waals surface area contributed by atoms with Gasteiger partial charge in [-0.05, 0) is 32.3 Å². The summed E-state index contributed by atoms with van der Waals surface area (Å²) in [6.07, 6.45) is 2.96. The minimum Gasteiger partial charge on any atom is -0.349 e. The highest BCUT2D eigenvalue weighted by Crippen LogP contribution is 2.25. The highest BCUT2D eigenvalue weighted by molar-refractivity contribution is 5.80. The Bertz CT molecular complexity index is 430. The van der Waals surface area contributed by atoms with Crippen LogP contribution in [0.25, 0.3) is 0 Å². The molecule has 3 heteroatoms. The molecule has 0 bridgehead atoms. The second-order valence-electron chi connectivity index (χ2n) is 5.35. The molecule has 0 aromatic heterocycles. The third kappa shape index (κ3) is 2.91. The molecule has 3 nitrogen and oxygen atoms in total. The van der Waals surface area contributed by atoms with Crippen molar-refractivity contribution in [1.82, 2.24) is 5.32 Å². The van der Waals surface area contributed by atoms with E-state index in [-0.39, 0.29) is 23.9 Å². The van der Waals surface area contributed by atoms with Gasteiger partial charge in [0.1, 0.15) is 0 Å². The van der Waals surface area contributed by atoms with Gasteiger partial charge >= 0.3 is 0 Å². The predicted octanol–water partition coefficient (Wildman–Crippen LogP) is 2.30. The molecule has 0 saturated heterocycles. The molecule has 0 heterocycles. The lowest BCUT2D eigenvalue weighted by molar-refractivity contribution is -0.125. The molecular formula is C15H22N2O. The van der Waals surface area contributed by atoms with Crippen molar-refractivity contribution in [3.05, 3.63) is 35.4 Å². The number of benzene rings is 1. The lowest BCUT2D eigenvalue weighted by Gasteiger charge is -2.20. The lowest BCUT2D eigenvalue weighted by atomic mass is 10.0. The molecule has 0 radical (unpaired) electrons. The average molecular weight is 246 g/mol. The van der Waals surface area contributed by atoms with E-state index in [1.165, 1.54) is 5.56 Å². The molecule has 3 N–H and O–H groups in total. The predicted molar refractivity (Wildman–Crippen MR) is 73.1 cm³/mol. The Kier molecular flexibility index (Phi) is 4.02. The van der Waals surface area contributed by atoms with Gasteiger partial charge in [-0.1, -0.05) is 36.2 Å². The van der Waals surface area contributed by atoms with Crippen molar-refractivity contribution in [3.63, 3.8) is 0 Å². The van der Waals surface area contributed by atoms with Gasteiger partial charge in [-0.3, -0.25) is 4.79 Å². The second-order valence-corrected chi connectivity index (χ2v) is 5.35. The Balaban J connectivity index is 1.98. The van der Waals surface area contributed by atoms with Crippen LogP contribution in [0, 0.1) is 12.8 Å². The van der Waals surface area contributed by atoms with Gasteiger partial charge in [-0.2, -0.15) is 0 Å². The fourth-order valence-corrected chi connectivity index (χ4v) is 2.66. The highest BCUT2D eigenvalue weighted by atomic mass is 16.2. The smallest absolute Gasteiger partial charge is 0.225 e. The molecule has 1 aromatic rings. The van der Waals surface area contributed by atoms with Crippen LogP contribution in [0.15, 0.2) is 24.3 Å². The maximum Gasteiger partial charge on any atom is 0.225 e. The molecule has 1 saturated carbocycles. The summed E-state index contributed by atoms with van der Waals surface area (Å²) in [5.74, 6) is 0.103. The Morgan fingerprint density at radius 3 is 2.83 bits per heavy atom. The van der Waals surface area contributed by atoms with Crippen LogP contribution in [-0.4, -0.2) is 11.9 Å². The summed E-state index contributed by atoms with van der Waals surface area (Å²) in [6, 6.07) is 8.32. The van der Waals surface area contributed by atoms with Crippen LogP contribution in [0.4, 0.5) is 0 Å². The Morgan fingerprint density at radius 1 is 1.44 bits per heavy atom. The van der Waals surface area contributed by atoms with E-state index in [9.17, 15) is 4.79 Å². The third-order valence-electron chi connectivity index (χ3n) is 3.81. The van der Waals surface area contributed by atoms with Crippen molar-refractivity contribution in [2.75, 3.05) is 0 Å².